The Kier molecular flexibility index (Phi) is 5.68. The number of benzene rings is 2. The van der Waals surface area contributed by atoms with Crippen molar-refractivity contribution < 1.29 is 14.4 Å². The van der Waals surface area contributed by atoms with Gasteiger partial charge < -0.3 is 10.6 Å². The lowest BCUT2D eigenvalue weighted by molar-refractivity contribution is -0.130. The Bertz CT molecular complexity index is 809. The summed E-state index contributed by atoms with van der Waals surface area (Å²) in [6.07, 6.45) is 1.18. The number of carbonyl (C=O) groups is 3. The second-order valence-electron chi connectivity index (χ2n) is 6.01. The highest BCUT2D eigenvalue weighted by Crippen LogP contribution is 2.15. The summed E-state index contributed by atoms with van der Waals surface area (Å²) in [6.45, 7) is -0.303. The Morgan fingerprint density at radius 3 is 2.46 bits per heavy atom. The Morgan fingerprint density at radius 1 is 1.08 bits per heavy atom. The zero-order valence-corrected chi connectivity index (χ0v) is 15.5. The minimum Gasteiger partial charge on any atom is -0.326 e. The number of halogens is 1. The second kappa shape index (κ2) is 8.14. The summed E-state index contributed by atoms with van der Waals surface area (Å²) >= 11 is 3.32. The third kappa shape index (κ3) is 4.49. The SMILES string of the molecule is O=C(CN1C(=O)N[C@H](CCc2ccccc2)C1=O)Nc1ccc(Br)cc1. The average molecular weight is 416 g/mol. The first kappa shape index (κ1) is 18.1. The van der Waals surface area contributed by atoms with E-state index in [1.807, 2.05) is 30.3 Å². The minimum atomic E-state index is -0.594. The number of anilines is 1. The zero-order valence-electron chi connectivity index (χ0n) is 13.9. The van der Waals surface area contributed by atoms with Gasteiger partial charge in [-0.3, -0.25) is 14.5 Å². The summed E-state index contributed by atoms with van der Waals surface area (Å²) in [5.41, 5.74) is 1.70. The number of carbonyl (C=O) groups excluding carboxylic acids is 3. The van der Waals surface area contributed by atoms with Crippen molar-refractivity contribution in [1.82, 2.24) is 10.2 Å². The van der Waals surface area contributed by atoms with Crippen LogP contribution in [0.5, 0.6) is 0 Å². The fourth-order valence-electron chi connectivity index (χ4n) is 2.76. The molecule has 6 nitrogen and oxygen atoms in total. The lowest BCUT2D eigenvalue weighted by Crippen LogP contribution is -2.38. The molecule has 4 amide bonds. The number of imide groups is 1. The molecule has 7 heteroatoms. The molecule has 1 aliphatic rings. The molecule has 134 valence electrons. The number of amides is 4. The van der Waals surface area contributed by atoms with E-state index in [2.05, 4.69) is 26.6 Å². The zero-order chi connectivity index (χ0) is 18.5. The molecule has 1 atom stereocenters. The predicted octanol–water partition coefficient (Wildman–Crippen LogP) is 2.94. The van der Waals surface area contributed by atoms with E-state index in [1.54, 1.807) is 24.3 Å². The first-order valence-corrected chi connectivity index (χ1v) is 9.03. The molecule has 2 aromatic carbocycles. The summed E-state index contributed by atoms with van der Waals surface area (Å²) < 4.78 is 0.894. The normalized spacial score (nSPS) is 16.5. The second-order valence-corrected chi connectivity index (χ2v) is 6.92. The number of hydrogen-bond donors (Lipinski definition) is 2. The minimum absolute atomic E-state index is 0.303. The van der Waals surface area contributed by atoms with Crippen LogP contribution >= 0.6 is 15.9 Å². The fourth-order valence-corrected chi connectivity index (χ4v) is 3.02. The van der Waals surface area contributed by atoms with Crippen molar-refractivity contribution in [2.45, 2.75) is 18.9 Å². The highest BCUT2D eigenvalue weighted by atomic mass is 79.9. The largest absolute Gasteiger partial charge is 0.326 e. The van der Waals surface area contributed by atoms with E-state index in [0.717, 1.165) is 14.9 Å². The van der Waals surface area contributed by atoms with Crippen LogP contribution in [0.15, 0.2) is 59.1 Å². The first-order chi connectivity index (χ1) is 12.5. The van der Waals surface area contributed by atoms with Crippen molar-refractivity contribution in [2.75, 3.05) is 11.9 Å². The molecule has 1 fully saturated rings. The molecule has 1 aliphatic heterocycles. The van der Waals surface area contributed by atoms with Gasteiger partial charge >= 0.3 is 6.03 Å². The van der Waals surface area contributed by atoms with E-state index < -0.39 is 18.0 Å². The van der Waals surface area contributed by atoms with Crippen LogP contribution in [0, 0.1) is 0 Å². The smallest absolute Gasteiger partial charge is 0.325 e. The molecule has 2 aromatic rings. The number of nitrogens with zero attached hydrogens (tertiary/aromatic N) is 1. The van der Waals surface area contributed by atoms with E-state index in [9.17, 15) is 14.4 Å². The maximum absolute atomic E-state index is 12.4. The highest BCUT2D eigenvalue weighted by Gasteiger charge is 2.38. The van der Waals surface area contributed by atoms with E-state index in [0.29, 0.717) is 18.5 Å². The van der Waals surface area contributed by atoms with Crippen LogP contribution in [0.4, 0.5) is 10.5 Å². The van der Waals surface area contributed by atoms with Crippen LogP contribution in [0.2, 0.25) is 0 Å². The van der Waals surface area contributed by atoms with Crippen molar-refractivity contribution in [3.63, 3.8) is 0 Å². The number of hydrogen-bond acceptors (Lipinski definition) is 3. The van der Waals surface area contributed by atoms with E-state index in [4.69, 9.17) is 0 Å². The lowest BCUT2D eigenvalue weighted by Gasteiger charge is -2.13. The topological polar surface area (TPSA) is 78.5 Å². The molecule has 1 heterocycles. The van der Waals surface area contributed by atoms with Crippen LogP contribution in [0.25, 0.3) is 0 Å². The van der Waals surface area contributed by atoms with Gasteiger partial charge in [-0.05, 0) is 42.7 Å². The van der Waals surface area contributed by atoms with Crippen LogP contribution in [-0.2, 0) is 16.0 Å². The molecule has 3 rings (SSSR count). The molecule has 0 aromatic heterocycles. The molecule has 1 saturated heterocycles. The first-order valence-electron chi connectivity index (χ1n) is 8.24. The van der Waals surface area contributed by atoms with Gasteiger partial charge in [-0.2, -0.15) is 0 Å². The Balaban J connectivity index is 1.54. The van der Waals surface area contributed by atoms with E-state index in [1.165, 1.54) is 0 Å². The molecular formula is C19H18BrN3O3. The Labute approximate surface area is 159 Å². The summed E-state index contributed by atoms with van der Waals surface area (Å²) in [6, 6.07) is 15.7. The Hall–Kier alpha value is -2.67. The predicted molar refractivity (Wildman–Crippen MR) is 102 cm³/mol. The van der Waals surface area contributed by atoms with Crippen LogP contribution < -0.4 is 10.6 Å². The van der Waals surface area contributed by atoms with Crippen LogP contribution in [0.3, 0.4) is 0 Å². The van der Waals surface area contributed by atoms with Crippen LogP contribution in [-0.4, -0.2) is 35.3 Å². The van der Waals surface area contributed by atoms with Gasteiger partial charge in [0.15, 0.2) is 0 Å². The van der Waals surface area contributed by atoms with Gasteiger partial charge in [0.05, 0.1) is 0 Å². The monoisotopic (exact) mass is 415 g/mol. The summed E-state index contributed by atoms with van der Waals surface area (Å²) in [5, 5.41) is 5.33. The summed E-state index contributed by atoms with van der Waals surface area (Å²) in [7, 11) is 0. The number of nitrogens with one attached hydrogen (secondary N) is 2. The van der Waals surface area contributed by atoms with Gasteiger partial charge in [-0.15, -0.1) is 0 Å². The summed E-state index contributed by atoms with van der Waals surface area (Å²) in [5.74, 6) is -0.781. The van der Waals surface area contributed by atoms with Gasteiger partial charge in [-0.25, -0.2) is 4.79 Å². The number of rotatable bonds is 6. The number of urea groups is 1. The van der Waals surface area contributed by atoms with Crippen molar-refractivity contribution in [1.29, 1.82) is 0 Å². The van der Waals surface area contributed by atoms with Crippen molar-refractivity contribution in [2.24, 2.45) is 0 Å². The van der Waals surface area contributed by atoms with Gasteiger partial charge in [0.1, 0.15) is 12.6 Å². The maximum Gasteiger partial charge on any atom is 0.325 e. The van der Waals surface area contributed by atoms with E-state index in [-0.39, 0.29) is 12.5 Å². The van der Waals surface area contributed by atoms with Crippen molar-refractivity contribution in [3.8, 4) is 0 Å². The molecule has 0 radical (unpaired) electrons. The van der Waals surface area contributed by atoms with E-state index >= 15 is 0 Å². The molecule has 0 bridgehead atoms. The number of aryl methyl sites for hydroxylation is 1. The molecule has 26 heavy (non-hydrogen) atoms. The van der Waals surface area contributed by atoms with Gasteiger partial charge in [-0.1, -0.05) is 46.3 Å². The molecule has 0 spiro atoms. The third-order valence-corrected chi connectivity index (χ3v) is 4.63. The average Bonchev–Trinajstić information content (AvgIpc) is 2.90. The quantitative estimate of drug-likeness (QED) is 0.711. The van der Waals surface area contributed by atoms with Crippen LogP contribution in [0.1, 0.15) is 12.0 Å². The Morgan fingerprint density at radius 2 is 1.77 bits per heavy atom. The lowest BCUT2D eigenvalue weighted by atomic mass is 10.1. The standard InChI is InChI=1S/C19H18BrN3O3/c20-14-7-9-15(10-8-14)21-17(24)12-23-18(25)16(22-19(23)26)11-6-13-4-2-1-3-5-13/h1-5,7-10,16H,6,11-12H2,(H,21,24)(H,22,26)/t16-/m1/s1. The fraction of sp³-hybridized carbons (Fsp3) is 0.211. The highest BCUT2D eigenvalue weighted by molar-refractivity contribution is 9.10. The molecule has 0 saturated carbocycles. The van der Waals surface area contributed by atoms with Gasteiger partial charge in [0, 0.05) is 10.2 Å². The van der Waals surface area contributed by atoms with Gasteiger partial charge in [0.2, 0.25) is 5.91 Å². The molecular weight excluding hydrogens is 398 g/mol. The molecule has 0 unspecified atom stereocenters. The van der Waals surface area contributed by atoms with Crippen molar-refractivity contribution >= 4 is 39.5 Å². The third-order valence-electron chi connectivity index (χ3n) is 4.10. The summed E-state index contributed by atoms with van der Waals surface area (Å²) in [4.78, 5) is 37.6. The van der Waals surface area contributed by atoms with Crippen molar-refractivity contribution in [3.05, 3.63) is 64.6 Å². The molecule has 2 N–H and O–H groups in total. The molecule has 0 aliphatic carbocycles. The maximum atomic E-state index is 12.4. The van der Waals surface area contributed by atoms with Gasteiger partial charge in [0.25, 0.3) is 5.91 Å².